The van der Waals surface area contributed by atoms with Crippen molar-refractivity contribution in [3.63, 3.8) is 0 Å². The molecular formula is C24H31NO4Si. The van der Waals surface area contributed by atoms with Crippen molar-refractivity contribution in [3.05, 3.63) is 70.8 Å². The summed E-state index contributed by atoms with van der Waals surface area (Å²) in [5, 5.41) is 13.5. The Bertz CT molecular complexity index is 851. The summed E-state index contributed by atoms with van der Waals surface area (Å²) in [6.45, 7) is 8.16. The molecule has 1 aliphatic rings. The molecule has 1 saturated carbocycles. The van der Waals surface area contributed by atoms with E-state index in [1.807, 2.05) is 43.3 Å². The number of nitrogens with zero attached hydrogens (tertiary/aromatic N) is 1. The Hall–Kier alpha value is -2.31. The van der Waals surface area contributed by atoms with Gasteiger partial charge in [0, 0.05) is 17.8 Å². The fraction of sp³-hybridized carbons (Fsp3) is 0.458. The molecule has 160 valence electrons. The molecule has 0 radical (unpaired) electrons. The van der Waals surface area contributed by atoms with Gasteiger partial charge in [-0.15, -0.1) is 0 Å². The normalized spacial score (nSPS) is 22.7. The van der Waals surface area contributed by atoms with Gasteiger partial charge >= 0.3 is 0 Å². The third-order valence-electron chi connectivity index (χ3n) is 6.29. The van der Waals surface area contributed by atoms with E-state index < -0.39 is 13.7 Å². The minimum Gasteiger partial charge on any atom is -0.404 e. The Balaban J connectivity index is 2.18. The lowest BCUT2D eigenvalue weighted by molar-refractivity contribution is -0.499. The maximum absolute atomic E-state index is 12.2. The second-order valence-corrected chi connectivity index (χ2v) is 13.9. The van der Waals surface area contributed by atoms with E-state index in [4.69, 9.17) is 4.43 Å². The topological polar surface area (TPSA) is 69.4 Å². The Labute approximate surface area is 179 Å². The number of carbonyl (C=O) groups is 1. The molecule has 0 aromatic heterocycles. The molecule has 5 nitrogen and oxygen atoms in total. The Morgan fingerprint density at radius 1 is 1.07 bits per heavy atom. The average molecular weight is 426 g/mol. The molecule has 2 aromatic rings. The summed E-state index contributed by atoms with van der Waals surface area (Å²) in [4.78, 5) is 23.4. The van der Waals surface area contributed by atoms with Crippen LogP contribution in [0.5, 0.6) is 0 Å². The van der Waals surface area contributed by atoms with E-state index in [1.165, 1.54) is 0 Å². The molecule has 0 N–H and O–H groups in total. The quantitative estimate of drug-likeness (QED) is 0.399. The largest absolute Gasteiger partial charge is 0.404 e. The zero-order valence-corrected chi connectivity index (χ0v) is 19.3. The predicted octanol–water partition coefficient (Wildman–Crippen LogP) is 3.97. The number of benzene rings is 2. The third kappa shape index (κ3) is 4.25. The van der Waals surface area contributed by atoms with Gasteiger partial charge in [0.15, 0.2) is 0 Å². The van der Waals surface area contributed by atoms with Crippen LogP contribution in [-0.2, 0) is 9.22 Å². The average Bonchev–Trinajstić information content (AvgIpc) is 2.67. The first-order valence-electron chi connectivity index (χ1n) is 10.5. The van der Waals surface area contributed by atoms with Crippen molar-refractivity contribution in [2.75, 3.05) is 6.54 Å². The standard InChI is InChI=1S/C24H31NO4Si/c1-23(2,3)30(20-11-7-5-8-12-20,21-13-9-6-10-14-21)29-22-16-15-19(26)17-24(22,4)18-25(27)28/h5-14,22H,15-18H2,1-4H3. The van der Waals surface area contributed by atoms with Gasteiger partial charge in [-0.2, -0.15) is 0 Å². The van der Waals surface area contributed by atoms with Gasteiger partial charge in [0.2, 0.25) is 6.54 Å². The van der Waals surface area contributed by atoms with E-state index in [0.717, 1.165) is 10.4 Å². The van der Waals surface area contributed by atoms with Crippen molar-refractivity contribution in [2.24, 2.45) is 5.41 Å². The Kier molecular flexibility index (Phi) is 6.29. The van der Waals surface area contributed by atoms with E-state index >= 15 is 0 Å². The molecule has 1 aliphatic carbocycles. The lowest BCUT2D eigenvalue weighted by Crippen LogP contribution is -2.69. The zero-order valence-electron chi connectivity index (χ0n) is 18.3. The van der Waals surface area contributed by atoms with Crippen LogP contribution in [0.15, 0.2) is 60.7 Å². The van der Waals surface area contributed by atoms with Crippen LogP contribution < -0.4 is 10.4 Å². The summed E-state index contributed by atoms with van der Waals surface area (Å²) in [5.74, 6) is 0.0849. The summed E-state index contributed by atoms with van der Waals surface area (Å²) in [6.07, 6.45) is 0.771. The SMILES string of the molecule is CC1(C[N+](=O)[O-])CC(=O)CCC1O[Si](c1ccccc1)(c1ccccc1)C(C)(C)C. The summed E-state index contributed by atoms with van der Waals surface area (Å²) >= 11 is 0. The second-order valence-electron chi connectivity index (χ2n) is 9.67. The van der Waals surface area contributed by atoms with Crippen molar-refractivity contribution in [3.8, 4) is 0 Å². The smallest absolute Gasteiger partial charge is 0.261 e. The van der Waals surface area contributed by atoms with E-state index in [2.05, 4.69) is 45.0 Å². The van der Waals surface area contributed by atoms with Crippen LogP contribution >= 0.6 is 0 Å². The van der Waals surface area contributed by atoms with Crippen LogP contribution in [0, 0.1) is 15.5 Å². The van der Waals surface area contributed by atoms with Gasteiger partial charge in [-0.3, -0.25) is 14.9 Å². The van der Waals surface area contributed by atoms with E-state index in [9.17, 15) is 14.9 Å². The highest BCUT2D eigenvalue weighted by molar-refractivity contribution is 6.99. The van der Waals surface area contributed by atoms with Gasteiger partial charge in [-0.25, -0.2) is 0 Å². The fourth-order valence-electron chi connectivity index (χ4n) is 4.85. The number of nitro groups is 1. The predicted molar refractivity (Wildman–Crippen MR) is 121 cm³/mol. The molecule has 0 bridgehead atoms. The highest BCUT2D eigenvalue weighted by atomic mass is 28.4. The van der Waals surface area contributed by atoms with Gasteiger partial charge in [-0.05, 0) is 21.8 Å². The lowest BCUT2D eigenvalue weighted by Gasteiger charge is -2.49. The Morgan fingerprint density at radius 2 is 1.57 bits per heavy atom. The van der Waals surface area contributed by atoms with E-state index in [1.54, 1.807) is 0 Å². The summed E-state index contributed by atoms with van der Waals surface area (Å²) < 4.78 is 7.16. The molecule has 0 spiro atoms. The molecule has 2 atom stereocenters. The molecule has 0 saturated heterocycles. The molecule has 0 heterocycles. The molecule has 1 fully saturated rings. The first-order valence-corrected chi connectivity index (χ1v) is 12.4. The van der Waals surface area contributed by atoms with Crippen LogP contribution in [0.1, 0.15) is 47.0 Å². The maximum Gasteiger partial charge on any atom is 0.261 e. The first kappa shape index (κ1) is 22.4. The van der Waals surface area contributed by atoms with Gasteiger partial charge in [-0.1, -0.05) is 88.4 Å². The van der Waals surface area contributed by atoms with Crippen LogP contribution in [0.2, 0.25) is 5.04 Å². The highest BCUT2D eigenvalue weighted by Crippen LogP contribution is 2.43. The summed E-state index contributed by atoms with van der Waals surface area (Å²) in [5.41, 5.74) is -0.814. The molecular weight excluding hydrogens is 394 g/mol. The molecule has 3 rings (SSSR count). The maximum atomic E-state index is 12.2. The van der Waals surface area contributed by atoms with Crippen molar-refractivity contribution < 1.29 is 14.1 Å². The van der Waals surface area contributed by atoms with E-state index in [0.29, 0.717) is 12.8 Å². The minimum absolute atomic E-state index is 0.0849. The lowest BCUT2D eigenvalue weighted by atomic mass is 9.73. The molecule has 30 heavy (non-hydrogen) atoms. The van der Waals surface area contributed by atoms with Crippen molar-refractivity contribution in [2.45, 2.75) is 58.1 Å². The zero-order chi connectivity index (χ0) is 22.0. The fourth-order valence-corrected chi connectivity index (χ4v) is 9.70. The van der Waals surface area contributed by atoms with Gasteiger partial charge in [0.25, 0.3) is 8.32 Å². The molecule has 0 amide bonds. The van der Waals surface area contributed by atoms with Crippen LogP contribution in [0.3, 0.4) is 0 Å². The third-order valence-corrected chi connectivity index (χ3v) is 11.3. The molecule has 2 aromatic carbocycles. The number of Topliss-reactive ketones (excluding diaryl/α,β-unsaturated/α-hetero) is 1. The second kappa shape index (κ2) is 8.44. The van der Waals surface area contributed by atoms with Crippen LogP contribution in [0.25, 0.3) is 0 Å². The first-order chi connectivity index (χ1) is 14.1. The minimum atomic E-state index is -2.83. The van der Waals surface area contributed by atoms with Crippen molar-refractivity contribution >= 4 is 24.5 Å². The number of rotatable bonds is 6. The van der Waals surface area contributed by atoms with Crippen LogP contribution in [0.4, 0.5) is 0 Å². The number of ketones is 1. The Morgan fingerprint density at radius 3 is 2.00 bits per heavy atom. The van der Waals surface area contributed by atoms with Crippen molar-refractivity contribution in [1.82, 2.24) is 0 Å². The van der Waals surface area contributed by atoms with Crippen molar-refractivity contribution in [1.29, 1.82) is 0 Å². The number of hydrogen-bond donors (Lipinski definition) is 0. The number of hydrogen-bond acceptors (Lipinski definition) is 4. The van der Waals surface area contributed by atoms with Gasteiger partial charge < -0.3 is 4.43 Å². The monoisotopic (exact) mass is 425 g/mol. The highest BCUT2D eigenvalue weighted by Gasteiger charge is 2.55. The van der Waals surface area contributed by atoms with Gasteiger partial charge in [0.1, 0.15) is 5.78 Å². The number of carbonyl (C=O) groups excluding carboxylic acids is 1. The van der Waals surface area contributed by atoms with Crippen LogP contribution in [-0.4, -0.2) is 31.7 Å². The van der Waals surface area contributed by atoms with E-state index in [-0.39, 0.29) is 34.8 Å². The summed E-state index contributed by atoms with van der Waals surface area (Å²) in [7, 11) is -2.83. The molecule has 6 heteroatoms. The van der Waals surface area contributed by atoms with Gasteiger partial charge in [0.05, 0.1) is 11.5 Å². The molecule has 0 aliphatic heterocycles. The molecule has 2 unspecified atom stereocenters. The summed E-state index contributed by atoms with van der Waals surface area (Å²) in [6, 6.07) is 20.5.